The number of nitrogens with zero attached hydrogens (tertiary/aromatic N) is 2. The van der Waals surface area contributed by atoms with E-state index < -0.39 is 11.9 Å². The van der Waals surface area contributed by atoms with E-state index in [4.69, 9.17) is 4.74 Å². The molecule has 1 amide bonds. The fourth-order valence-electron chi connectivity index (χ4n) is 2.89. The lowest BCUT2D eigenvalue weighted by molar-refractivity contribution is -0.119. The van der Waals surface area contributed by atoms with Crippen LogP contribution in [-0.4, -0.2) is 27.2 Å². The van der Waals surface area contributed by atoms with Gasteiger partial charge >= 0.3 is 5.97 Å². The molecule has 4 rings (SSSR count). The van der Waals surface area contributed by atoms with Crippen molar-refractivity contribution in [3.8, 4) is 0 Å². The summed E-state index contributed by atoms with van der Waals surface area (Å²) in [5.74, 6) is -0.835. The highest BCUT2D eigenvalue weighted by atomic mass is 32.1. The van der Waals surface area contributed by atoms with E-state index in [0.717, 1.165) is 36.5 Å². The molecule has 25 heavy (non-hydrogen) atoms. The topological polar surface area (TPSA) is 81.2 Å². The molecule has 0 bridgehead atoms. The zero-order valence-electron chi connectivity index (χ0n) is 13.3. The number of amides is 1. The van der Waals surface area contributed by atoms with Crippen molar-refractivity contribution >= 4 is 51.7 Å². The smallest absolute Gasteiger partial charge is 0.348 e. The number of esters is 1. The quantitative estimate of drug-likeness (QED) is 0.709. The van der Waals surface area contributed by atoms with Crippen molar-refractivity contribution in [3.05, 3.63) is 39.6 Å². The van der Waals surface area contributed by atoms with Crippen LogP contribution in [-0.2, 0) is 22.4 Å². The first-order valence-electron chi connectivity index (χ1n) is 8.00. The fraction of sp³-hybridized carbons (Fsp3) is 0.294. The van der Waals surface area contributed by atoms with Gasteiger partial charge in [0.05, 0.1) is 17.4 Å². The number of carbonyl (C=O) groups excluding carboxylic acids is 2. The maximum atomic E-state index is 12.2. The van der Waals surface area contributed by atoms with Gasteiger partial charge in [0.15, 0.2) is 6.61 Å². The van der Waals surface area contributed by atoms with Crippen LogP contribution >= 0.6 is 23.1 Å². The minimum Gasteiger partial charge on any atom is -0.451 e. The van der Waals surface area contributed by atoms with E-state index in [1.165, 1.54) is 28.2 Å². The van der Waals surface area contributed by atoms with Crippen LogP contribution in [0.2, 0.25) is 0 Å². The van der Waals surface area contributed by atoms with Gasteiger partial charge in [-0.2, -0.15) is 8.75 Å². The Morgan fingerprint density at radius 1 is 1.20 bits per heavy atom. The van der Waals surface area contributed by atoms with Crippen molar-refractivity contribution in [2.75, 3.05) is 11.9 Å². The Hall–Kier alpha value is -2.32. The molecule has 3 aromatic rings. The largest absolute Gasteiger partial charge is 0.451 e. The lowest BCUT2D eigenvalue weighted by Crippen LogP contribution is -2.20. The van der Waals surface area contributed by atoms with E-state index in [2.05, 4.69) is 14.1 Å². The number of aromatic nitrogens is 2. The number of nitrogens with one attached hydrogen (secondary N) is 1. The number of thiophene rings is 1. The maximum Gasteiger partial charge on any atom is 0.348 e. The van der Waals surface area contributed by atoms with E-state index in [0.29, 0.717) is 16.1 Å². The molecule has 0 atom stereocenters. The monoisotopic (exact) mass is 373 g/mol. The standard InChI is InChI=1S/C17H15N3O3S2/c21-15(18-11-5-3-6-12-16(11)20-25-19-12)9-23-17(22)14-8-10-4-1-2-7-13(10)24-14/h3,5-6,8H,1-2,4,7,9H2,(H,18,21). The van der Waals surface area contributed by atoms with Crippen LogP contribution in [0.1, 0.15) is 33.0 Å². The summed E-state index contributed by atoms with van der Waals surface area (Å²) < 4.78 is 13.4. The summed E-state index contributed by atoms with van der Waals surface area (Å²) >= 11 is 2.57. The molecular formula is C17H15N3O3S2. The second-order valence-electron chi connectivity index (χ2n) is 5.83. The number of aryl methyl sites for hydroxylation is 2. The summed E-state index contributed by atoms with van der Waals surface area (Å²) in [5.41, 5.74) is 3.18. The van der Waals surface area contributed by atoms with Gasteiger partial charge in [0.2, 0.25) is 0 Å². The summed E-state index contributed by atoms with van der Waals surface area (Å²) in [4.78, 5) is 26.1. The minimum atomic E-state index is -0.442. The summed E-state index contributed by atoms with van der Waals surface area (Å²) in [6.45, 7) is -0.324. The van der Waals surface area contributed by atoms with Crippen molar-refractivity contribution in [2.24, 2.45) is 0 Å². The summed E-state index contributed by atoms with van der Waals surface area (Å²) in [6.07, 6.45) is 4.38. The van der Waals surface area contributed by atoms with Gasteiger partial charge in [-0.25, -0.2) is 4.79 Å². The van der Waals surface area contributed by atoms with E-state index in [1.54, 1.807) is 12.1 Å². The first-order chi connectivity index (χ1) is 12.2. The lowest BCUT2D eigenvalue weighted by Gasteiger charge is -2.08. The third kappa shape index (κ3) is 3.40. The van der Waals surface area contributed by atoms with Crippen LogP contribution in [0.4, 0.5) is 5.69 Å². The van der Waals surface area contributed by atoms with Crippen molar-refractivity contribution in [2.45, 2.75) is 25.7 Å². The number of benzene rings is 1. The molecule has 128 valence electrons. The van der Waals surface area contributed by atoms with Crippen molar-refractivity contribution in [1.29, 1.82) is 0 Å². The highest BCUT2D eigenvalue weighted by molar-refractivity contribution is 7.14. The SMILES string of the molecule is O=C(COC(=O)c1cc2c(s1)CCCC2)Nc1cccc2nsnc12. The van der Waals surface area contributed by atoms with E-state index in [9.17, 15) is 9.59 Å². The Bertz CT molecular complexity index is 924. The van der Waals surface area contributed by atoms with Gasteiger partial charge in [0.1, 0.15) is 15.9 Å². The normalized spacial score (nSPS) is 13.4. The Labute approximate surface area is 152 Å². The number of anilines is 1. The molecule has 2 aromatic heterocycles. The second-order valence-corrected chi connectivity index (χ2v) is 7.49. The van der Waals surface area contributed by atoms with Gasteiger partial charge in [-0.15, -0.1) is 11.3 Å². The first-order valence-corrected chi connectivity index (χ1v) is 9.55. The van der Waals surface area contributed by atoms with Crippen LogP contribution in [0.3, 0.4) is 0 Å². The van der Waals surface area contributed by atoms with Gasteiger partial charge in [-0.1, -0.05) is 6.07 Å². The highest BCUT2D eigenvalue weighted by Crippen LogP contribution is 2.30. The molecule has 0 spiro atoms. The molecular weight excluding hydrogens is 358 g/mol. The Balaban J connectivity index is 1.37. The number of rotatable bonds is 4. The van der Waals surface area contributed by atoms with E-state index in [-0.39, 0.29) is 6.61 Å². The highest BCUT2D eigenvalue weighted by Gasteiger charge is 2.19. The van der Waals surface area contributed by atoms with E-state index in [1.807, 2.05) is 12.1 Å². The Morgan fingerprint density at radius 2 is 2.08 bits per heavy atom. The lowest BCUT2D eigenvalue weighted by atomic mass is 9.99. The number of carbonyl (C=O) groups is 2. The molecule has 1 N–H and O–H groups in total. The Morgan fingerprint density at radius 3 is 2.96 bits per heavy atom. The fourth-order valence-corrected chi connectivity index (χ4v) is 4.58. The van der Waals surface area contributed by atoms with Crippen molar-refractivity contribution in [1.82, 2.24) is 8.75 Å². The van der Waals surface area contributed by atoms with Crippen LogP contribution in [0.25, 0.3) is 11.0 Å². The predicted octanol–water partition coefficient (Wildman–Crippen LogP) is 3.43. The second kappa shape index (κ2) is 6.89. The van der Waals surface area contributed by atoms with E-state index >= 15 is 0 Å². The van der Waals surface area contributed by atoms with Crippen LogP contribution in [0.15, 0.2) is 24.3 Å². The molecule has 0 aliphatic heterocycles. The molecule has 1 aliphatic rings. The number of ether oxygens (including phenoxy) is 1. The van der Waals surface area contributed by atoms with Crippen molar-refractivity contribution < 1.29 is 14.3 Å². The third-order valence-electron chi connectivity index (χ3n) is 4.09. The van der Waals surface area contributed by atoms with Gasteiger partial charge in [0, 0.05) is 4.88 Å². The molecule has 1 aromatic carbocycles. The first kappa shape index (κ1) is 16.2. The molecule has 0 saturated carbocycles. The van der Waals surface area contributed by atoms with Crippen LogP contribution < -0.4 is 5.32 Å². The molecule has 0 fully saturated rings. The van der Waals surface area contributed by atoms with Crippen LogP contribution in [0.5, 0.6) is 0 Å². The van der Waals surface area contributed by atoms with Crippen LogP contribution in [0, 0.1) is 0 Å². The van der Waals surface area contributed by atoms with Gasteiger partial charge < -0.3 is 10.1 Å². The molecule has 0 saturated heterocycles. The predicted molar refractivity (Wildman–Crippen MR) is 97.3 cm³/mol. The van der Waals surface area contributed by atoms with Gasteiger partial charge in [-0.3, -0.25) is 4.79 Å². The van der Waals surface area contributed by atoms with Gasteiger partial charge in [0.25, 0.3) is 5.91 Å². The Kier molecular flexibility index (Phi) is 4.46. The summed E-state index contributed by atoms with van der Waals surface area (Å²) in [5, 5.41) is 2.72. The molecule has 1 aliphatic carbocycles. The average molecular weight is 373 g/mol. The summed E-state index contributed by atoms with van der Waals surface area (Å²) in [7, 11) is 0. The zero-order chi connectivity index (χ0) is 17.2. The molecule has 6 nitrogen and oxygen atoms in total. The molecule has 0 radical (unpaired) electrons. The maximum absolute atomic E-state index is 12.2. The molecule has 0 unspecified atom stereocenters. The number of fused-ring (bicyclic) bond motifs is 2. The third-order valence-corrected chi connectivity index (χ3v) is 5.85. The minimum absolute atomic E-state index is 0.324. The average Bonchev–Trinajstić information content (AvgIpc) is 3.26. The zero-order valence-corrected chi connectivity index (χ0v) is 14.9. The molecule has 8 heteroatoms. The van der Waals surface area contributed by atoms with Gasteiger partial charge in [-0.05, 0) is 49.4 Å². The molecule has 2 heterocycles. The number of hydrogen-bond donors (Lipinski definition) is 1. The summed E-state index contributed by atoms with van der Waals surface area (Å²) in [6, 6.07) is 7.27. The number of hydrogen-bond acceptors (Lipinski definition) is 7. The van der Waals surface area contributed by atoms with Crippen molar-refractivity contribution in [3.63, 3.8) is 0 Å².